The molecule has 1 saturated heterocycles. The third kappa shape index (κ3) is 3.32. The fraction of sp³-hybridized carbons (Fsp3) is 0.571. The molecule has 1 aliphatic heterocycles. The fourth-order valence-corrected chi connectivity index (χ4v) is 2.48. The van der Waals surface area contributed by atoms with Gasteiger partial charge in [-0.3, -0.25) is 0 Å². The van der Waals surface area contributed by atoms with Gasteiger partial charge in [-0.15, -0.1) is 0 Å². The lowest BCUT2D eigenvalue weighted by molar-refractivity contribution is -0.905. The molecule has 1 heterocycles. The van der Waals surface area contributed by atoms with Gasteiger partial charge in [-0.1, -0.05) is 30.3 Å². The summed E-state index contributed by atoms with van der Waals surface area (Å²) in [5.41, 5.74) is 1.05. The van der Waals surface area contributed by atoms with E-state index in [0.717, 1.165) is 18.5 Å². The van der Waals surface area contributed by atoms with E-state index in [1.807, 2.05) is 30.3 Å². The van der Waals surface area contributed by atoms with E-state index in [4.69, 9.17) is 0 Å². The minimum absolute atomic E-state index is 0.282. The Balaban J connectivity index is 1.77. The summed E-state index contributed by atoms with van der Waals surface area (Å²) in [7, 11) is 0. The molecule has 2 rings (SSSR count). The highest BCUT2D eigenvalue weighted by Crippen LogP contribution is 2.14. The van der Waals surface area contributed by atoms with Crippen molar-refractivity contribution >= 4 is 0 Å². The maximum atomic E-state index is 10.0. The van der Waals surface area contributed by atoms with Crippen LogP contribution >= 0.6 is 0 Å². The van der Waals surface area contributed by atoms with Crippen LogP contribution in [-0.4, -0.2) is 24.7 Å². The SMILES string of the molecule is O[C@H](CC[NH+]1CCCCC1)c1ccccc1. The van der Waals surface area contributed by atoms with Crippen LogP contribution in [0.5, 0.6) is 0 Å². The lowest BCUT2D eigenvalue weighted by Gasteiger charge is -2.24. The van der Waals surface area contributed by atoms with Gasteiger partial charge in [-0.05, 0) is 24.8 Å². The topological polar surface area (TPSA) is 24.7 Å². The lowest BCUT2D eigenvalue weighted by Crippen LogP contribution is -3.12. The summed E-state index contributed by atoms with van der Waals surface area (Å²) in [5.74, 6) is 0. The molecule has 0 unspecified atom stereocenters. The number of hydrogen-bond donors (Lipinski definition) is 2. The van der Waals surface area contributed by atoms with Crippen molar-refractivity contribution in [3.05, 3.63) is 35.9 Å². The molecule has 2 heteroatoms. The molecule has 2 nitrogen and oxygen atoms in total. The van der Waals surface area contributed by atoms with Gasteiger partial charge in [0.05, 0.1) is 25.7 Å². The van der Waals surface area contributed by atoms with Gasteiger partial charge in [0, 0.05) is 6.42 Å². The first-order valence-corrected chi connectivity index (χ1v) is 6.43. The Kier molecular flexibility index (Phi) is 4.37. The van der Waals surface area contributed by atoms with Crippen molar-refractivity contribution in [3.8, 4) is 0 Å². The van der Waals surface area contributed by atoms with Crippen molar-refractivity contribution in [2.45, 2.75) is 31.8 Å². The fourth-order valence-electron chi connectivity index (χ4n) is 2.48. The number of likely N-dealkylation sites (tertiary alicyclic amines) is 1. The van der Waals surface area contributed by atoms with Crippen LogP contribution in [0.3, 0.4) is 0 Å². The summed E-state index contributed by atoms with van der Waals surface area (Å²) in [6.45, 7) is 3.69. The van der Waals surface area contributed by atoms with Gasteiger partial charge in [-0.25, -0.2) is 0 Å². The number of hydrogen-bond acceptors (Lipinski definition) is 1. The molecule has 0 saturated carbocycles. The second-order valence-electron chi connectivity index (χ2n) is 4.78. The predicted molar refractivity (Wildman–Crippen MR) is 65.4 cm³/mol. The molecule has 0 radical (unpaired) electrons. The zero-order chi connectivity index (χ0) is 11.2. The van der Waals surface area contributed by atoms with Crippen LogP contribution in [0.15, 0.2) is 30.3 Å². The highest BCUT2D eigenvalue weighted by molar-refractivity contribution is 5.16. The van der Waals surface area contributed by atoms with Gasteiger partial charge in [0.2, 0.25) is 0 Å². The van der Waals surface area contributed by atoms with Gasteiger partial charge < -0.3 is 10.0 Å². The number of nitrogens with one attached hydrogen (secondary N) is 1. The van der Waals surface area contributed by atoms with Crippen LogP contribution in [0, 0.1) is 0 Å². The number of benzene rings is 1. The van der Waals surface area contributed by atoms with Crippen LogP contribution < -0.4 is 4.90 Å². The van der Waals surface area contributed by atoms with E-state index in [0.29, 0.717) is 0 Å². The zero-order valence-corrected chi connectivity index (χ0v) is 9.86. The van der Waals surface area contributed by atoms with Crippen LogP contribution in [0.2, 0.25) is 0 Å². The molecule has 0 amide bonds. The molecule has 1 aliphatic rings. The van der Waals surface area contributed by atoms with Crippen molar-refractivity contribution in [2.24, 2.45) is 0 Å². The summed E-state index contributed by atoms with van der Waals surface area (Å²) in [6.07, 6.45) is 4.72. The Bertz CT molecular complexity index is 293. The van der Waals surface area contributed by atoms with Crippen molar-refractivity contribution in [3.63, 3.8) is 0 Å². The molecule has 0 aliphatic carbocycles. The minimum Gasteiger partial charge on any atom is -0.388 e. The van der Waals surface area contributed by atoms with Crippen molar-refractivity contribution in [1.82, 2.24) is 0 Å². The van der Waals surface area contributed by atoms with E-state index in [2.05, 4.69) is 0 Å². The first-order chi connectivity index (χ1) is 7.86. The van der Waals surface area contributed by atoms with Gasteiger partial charge in [0.1, 0.15) is 0 Å². The standard InChI is InChI=1S/C14H21NO/c16-14(13-7-3-1-4-8-13)9-12-15-10-5-2-6-11-15/h1,3-4,7-8,14,16H,2,5-6,9-12H2/p+1/t14-/m1/s1. The molecule has 1 aromatic carbocycles. The van der Waals surface area contributed by atoms with Crippen LogP contribution in [0.4, 0.5) is 0 Å². The third-order valence-corrected chi connectivity index (χ3v) is 3.52. The number of rotatable bonds is 4. The molecule has 1 aromatic rings. The number of piperidine rings is 1. The van der Waals surface area contributed by atoms with Crippen molar-refractivity contribution < 1.29 is 10.0 Å². The summed E-state index contributed by atoms with van der Waals surface area (Å²) >= 11 is 0. The molecule has 1 fully saturated rings. The van der Waals surface area contributed by atoms with Crippen molar-refractivity contribution in [2.75, 3.05) is 19.6 Å². The summed E-state index contributed by atoms with van der Waals surface area (Å²) in [4.78, 5) is 1.67. The minimum atomic E-state index is -0.282. The summed E-state index contributed by atoms with van der Waals surface area (Å²) in [5, 5.41) is 10.0. The maximum Gasteiger partial charge on any atom is 0.0843 e. The largest absolute Gasteiger partial charge is 0.388 e. The average Bonchev–Trinajstić information content (AvgIpc) is 2.38. The van der Waals surface area contributed by atoms with E-state index >= 15 is 0 Å². The first kappa shape index (κ1) is 11.6. The highest BCUT2D eigenvalue weighted by atomic mass is 16.3. The zero-order valence-electron chi connectivity index (χ0n) is 9.86. The molecular formula is C14H22NO+. The van der Waals surface area contributed by atoms with Crippen molar-refractivity contribution in [1.29, 1.82) is 0 Å². The highest BCUT2D eigenvalue weighted by Gasteiger charge is 2.15. The first-order valence-electron chi connectivity index (χ1n) is 6.43. The monoisotopic (exact) mass is 220 g/mol. The predicted octanol–water partition coefficient (Wildman–Crippen LogP) is 1.18. The van der Waals surface area contributed by atoms with Gasteiger partial charge in [0.15, 0.2) is 0 Å². The smallest absolute Gasteiger partial charge is 0.0843 e. The molecular weight excluding hydrogens is 198 g/mol. The Hall–Kier alpha value is -0.860. The number of quaternary nitrogens is 1. The van der Waals surface area contributed by atoms with E-state index in [-0.39, 0.29) is 6.10 Å². The Morgan fingerprint density at radius 3 is 2.44 bits per heavy atom. The molecule has 0 aromatic heterocycles. The van der Waals surface area contributed by atoms with Gasteiger partial charge >= 0.3 is 0 Å². The quantitative estimate of drug-likeness (QED) is 0.782. The van der Waals surface area contributed by atoms with Gasteiger partial charge in [-0.2, -0.15) is 0 Å². The van der Waals surface area contributed by atoms with E-state index < -0.39 is 0 Å². The lowest BCUT2D eigenvalue weighted by atomic mass is 10.1. The molecule has 0 spiro atoms. The average molecular weight is 220 g/mol. The molecule has 1 atom stereocenters. The third-order valence-electron chi connectivity index (χ3n) is 3.52. The Morgan fingerprint density at radius 1 is 1.06 bits per heavy atom. The molecule has 88 valence electrons. The summed E-state index contributed by atoms with van der Waals surface area (Å²) in [6, 6.07) is 10.00. The second kappa shape index (κ2) is 6.02. The Morgan fingerprint density at radius 2 is 1.75 bits per heavy atom. The number of aliphatic hydroxyl groups is 1. The summed E-state index contributed by atoms with van der Waals surface area (Å²) < 4.78 is 0. The van der Waals surface area contributed by atoms with E-state index in [1.165, 1.54) is 32.4 Å². The van der Waals surface area contributed by atoms with E-state index in [9.17, 15) is 5.11 Å². The van der Waals surface area contributed by atoms with Crippen LogP contribution in [0.25, 0.3) is 0 Å². The van der Waals surface area contributed by atoms with Crippen LogP contribution in [-0.2, 0) is 0 Å². The molecule has 2 N–H and O–H groups in total. The normalized spacial score (nSPS) is 19.6. The van der Waals surface area contributed by atoms with E-state index in [1.54, 1.807) is 4.90 Å². The Labute approximate surface area is 97.9 Å². The second-order valence-corrected chi connectivity index (χ2v) is 4.78. The maximum absolute atomic E-state index is 10.0. The molecule has 16 heavy (non-hydrogen) atoms. The number of aliphatic hydroxyl groups excluding tert-OH is 1. The van der Waals surface area contributed by atoms with Gasteiger partial charge in [0.25, 0.3) is 0 Å². The molecule has 0 bridgehead atoms. The van der Waals surface area contributed by atoms with Crippen LogP contribution in [0.1, 0.15) is 37.4 Å².